The van der Waals surface area contributed by atoms with Crippen LogP contribution in [0.1, 0.15) is 28.8 Å². The van der Waals surface area contributed by atoms with E-state index in [1.807, 2.05) is 4.90 Å². The van der Waals surface area contributed by atoms with Gasteiger partial charge < -0.3 is 9.80 Å². The van der Waals surface area contributed by atoms with Gasteiger partial charge in [0.25, 0.3) is 5.91 Å². The van der Waals surface area contributed by atoms with Crippen molar-refractivity contribution in [2.75, 3.05) is 44.2 Å². The van der Waals surface area contributed by atoms with E-state index in [0.29, 0.717) is 21.7 Å². The number of aryl methyl sites for hydroxylation is 1. The summed E-state index contributed by atoms with van der Waals surface area (Å²) in [6.07, 6.45) is 2.19. The summed E-state index contributed by atoms with van der Waals surface area (Å²) < 4.78 is 0. The minimum Gasteiger partial charge on any atom is -0.369 e. The van der Waals surface area contributed by atoms with Gasteiger partial charge in [-0.2, -0.15) is 0 Å². The number of carbonyl (C=O) groups excluding carboxylic acids is 1. The van der Waals surface area contributed by atoms with Crippen molar-refractivity contribution in [1.82, 2.24) is 9.80 Å². The molecule has 2 fully saturated rings. The highest BCUT2D eigenvalue weighted by Crippen LogP contribution is 2.26. The lowest BCUT2D eigenvalue weighted by Crippen LogP contribution is -2.56. The summed E-state index contributed by atoms with van der Waals surface area (Å²) in [7, 11) is 0. The smallest absolute Gasteiger partial charge is 0.253 e. The molecule has 0 N–H and O–H groups in total. The third kappa shape index (κ3) is 4.55. The molecule has 1 atom stereocenters. The summed E-state index contributed by atoms with van der Waals surface area (Å²) in [4.78, 5) is 20.0. The molecule has 2 aliphatic rings. The van der Waals surface area contributed by atoms with Gasteiger partial charge in [0, 0.05) is 56.6 Å². The van der Waals surface area contributed by atoms with E-state index in [-0.39, 0.29) is 5.91 Å². The Morgan fingerprint density at radius 1 is 0.966 bits per heavy atom. The Bertz CT molecular complexity index is 880. The van der Waals surface area contributed by atoms with Gasteiger partial charge in [0.05, 0.1) is 10.0 Å². The number of nitrogens with zero attached hydrogens (tertiary/aromatic N) is 3. The Morgan fingerprint density at radius 2 is 1.72 bits per heavy atom. The van der Waals surface area contributed by atoms with Crippen LogP contribution in [0, 0.1) is 6.92 Å². The molecule has 154 valence electrons. The molecule has 1 unspecified atom stereocenters. The van der Waals surface area contributed by atoms with Crippen molar-refractivity contribution in [1.29, 1.82) is 0 Å². The molecule has 0 bridgehead atoms. The average molecular weight is 432 g/mol. The first-order chi connectivity index (χ1) is 14.0. The molecule has 0 saturated carbocycles. The van der Waals surface area contributed by atoms with E-state index in [1.165, 1.54) is 11.3 Å². The predicted octanol–water partition coefficient (Wildman–Crippen LogP) is 4.73. The third-order valence-corrected chi connectivity index (χ3v) is 6.88. The molecule has 2 aromatic carbocycles. The number of halogens is 2. The molecule has 0 aliphatic carbocycles. The van der Waals surface area contributed by atoms with Crippen molar-refractivity contribution in [2.45, 2.75) is 25.8 Å². The standard InChI is InChI=1S/C23H27Cl2N3O/c1-17-5-2-3-7-22(17)27-13-11-26(12-14-27)19-6-4-10-28(16-19)23(29)18-8-9-20(24)21(25)15-18/h2-3,5,7-9,15,19H,4,6,10-14,16H2,1H3. The summed E-state index contributed by atoms with van der Waals surface area (Å²) >= 11 is 12.1. The van der Waals surface area contributed by atoms with Crippen LogP contribution >= 0.6 is 23.2 Å². The molecule has 2 saturated heterocycles. The van der Waals surface area contributed by atoms with E-state index in [0.717, 1.165) is 52.1 Å². The third-order valence-electron chi connectivity index (χ3n) is 6.14. The number of carbonyl (C=O) groups is 1. The van der Waals surface area contributed by atoms with Crippen LogP contribution < -0.4 is 4.90 Å². The summed E-state index contributed by atoms with van der Waals surface area (Å²) in [5, 5.41) is 0.907. The minimum atomic E-state index is 0.0480. The molecule has 4 nitrogen and oxygen atoms in total. The van der Waals surface area contributed by atoms with Gasteiger partial charge in [-0.15, -0.1) is 0 Å². The fraction of sp³-hybridized carbons (Fsp3) is 0.435. The van der Waals surface area contributed by atoms with Crippen molar-refractivity contribution in [2.24, 2.45) is 0 Å². The van der Waals surface area contributed by atoms with Crippen molar-refractivity contribution < 1.29 is 4.79 Å². The molecule has 1 amide bonds. The number of para-hydroxylation sites is 1. The van der Waals surface area contributed by atoms with Crippen molar-refractivity contribution >= 4 is 34.8 Å². The van der Waals surface area contributed by atoms with Gasteiger partial charge in [0.1, 0.15) is 0 Å². The van der Waals surface area contributed by atoms with Gasteiger partial charge in [-0.1, -0.05) is 41.4 Å². The monoisotopic (exact) mass is 431 g/mol. The van der Waals surface area contributed by atoms with Crippen LogP contribution in [-0.2, 0) is 0 Å². The zero-order valence-electron chi connectivity index (χ0n) is 16.8. The second kappa shape index (κ2) is 8.95. The second-order valence-corrected chi connectivity index (χ2v) is 8.80. The lowest BCUT2D eigenvalue weighted by molar-refractivity contribution is 0.0563. The number of amides is 1. The van der Waals surface area contributed by atoms with Gasteiger partial charge in [-0.05, 0) is 49.6 Å². The molecule has 6 heteroatoms. The number of piperidine rings is 1. The minimum absolute atomic E-state index is 0.0480. The van der Waals surface area contributed by atoms with Crippen LogP contribution in [0.5, 0.6) is 0 Å². The molecular weight excluding hydrogens is 405 g/mol. The number of anilines is 1. The van der Waals surface area contributed by atoms with Gasteiger partial charge >= 0.3 is 0 Å². The van der Waals surface area contributed by atoms with E-state index >= 15 is 0 Å². The molecule has 0 aromatic heterocycles. The first kappa shape index (κ1) is 20.5. The highest BCUT2D eigenvalue weighted by Gasteiger charge is 2.30. The number of benzene rings is 2. The van der Waals surface area contributed by atoms with E-state index < -0.39 is 0 Å². The van der Waals surface area contributed by atoms with Crippen molar-refractivity contribution in [3.63, 3.8) is 0 Å². The van der Waals surface area contributed by atoms with E-state index in [9.17, 15) is 4.79 Å². The molecule has 0 radical (unpaired) electrons. The molecule has 2 heterocycles. The fourth-order valence-electron chi connectivity index (χ4n) is 4.50. The van der Waals surface area contributed by atoms with Crippen LogP contribution in [0.25, 0.3) is 0 Å². The van der Waals surface area contributed by atoms with Gasteiger partial charge in [0.15, 0.2) is 0 Å². The zero-order valence-corrected chi connectivity index (χ0v) is 18.3. The quantitative estimate of drug-likeness (QED) is 0.702. The van der Waals surface area contributed by atoms with Crippen LogP contribution in [0.3, 0.4) is 0 Å². The molecule has 29 heavy (non-hydrogen) atoms. The largest absolute Gasteiger partial charge is 0.369 e. The topological polar surface area (TPSA) is 26.8 Å². The predicted molar refractivity (Wildman–Crippen MR) is 120 cm³/mol. The average Bonchev–Trinajstić information content (AvgIpc) is 2.76. The number of rotatable bonds is 3. The van der Waals surface area contributed by atoms with E-state index in [2.05, 4.69) is 41.0 Å². The van der Waals surface area contributed by atoms with E-state index in [1.54, 1.807) is 18.2 Å². The van der Waals surface area contributed by atoms with Crippen molar-refractivity contribution in [3.8, 4) is 0 Å². The summed E-state index contributed by atoms with van der Waals surface area (Å²) in [5.41, 5.74) is 3.29. The molecular formula is C23H27Cl2N3O. The van der Waals surface area contributed by atoms with Crippen molar-refractivity contribution in [3.05, 3.63) is 63.6 Å². The van der Waals surface area contributed by atoms with Gasteiger partial charge in [-0.3, -0.25) is 9.69 Å². The lowest BCUT2D eigenvalue weighted by Gasteiger charge is -2.44. The first-order valence-electron chi connectivity index (χ1n) is 10.3. The molecule has 4 rings (SSSR count). The van der Waals surface area contributed by atoms with Crippen LogP contribution in [-0.4, -0.2) is 61.0 Å². The van der Waals surface area contributed by atoms with E-state index in [4.69, 9.17) is 23.2 Å². The van der Waals surface area contributed by atoms with Crippen LogP contribution in [0.4, 0.5) is 5.69 Å². The summed E-state index contributed by atoms with van der Waals surface area (Å²) in [6, 6.07) is 14.2. The Morgan fingerprint density at radius 3 is 2.45 bits per heavy atom. The SMILES string of the molecule is Cc1ccccc1N1CCN(C2CCCN(C(=O)c3ccc(Cl)c(Cl)c3)C2)CC1. The Hall–Kier alpha value is -1.75. The number of piperazine rings is 1. The second-order valence-electron chi connectivity index (χ2n) is 7.99. The Balaban J connectivity index is 1.37. The summed E-state index contributed by atoms with van der Waals surface area (Å²) in [5.74, 6) is 0.0480. The normalized spacial score (nSPS) is 20.7. The fourth-order valence-corrected chi connectivity index (χ4v) is 4.79. The molecule has 0 spiro atoms. The Labute approximate surface area is 183 Å². The summed E-state index contributed by atoms with van der Waals surface area (Å²) in [6.45, 7) is 7.89. The van der Waals surface area contributed by atoms with Gasteiger partial charge in [-0.25, -0.2) is 0 Å². The number of hydrogen-bond acceptors (Lipinski definition) is 3. The first-order valence-corrected chi connectivity index (χ1v) is 11.1. The maximum absolute atomic E-state index is 13.0. The number of likely N-dealkylation sites (tertiary alicyclic amines) is 1. The lowest BCUT2D eigenvalue weighted by atomic mass is 10.0. The van der Waals surface area contributed by atoms with Crippen LogP contribution in [0.2, 0.25) is 10.0 Å². The maximum Gasteiger partial charge on any atom is 0.253 e. The maximum atomic E-state index is 13.0. The zero-order chi connectivity index (χ0) is 20.4. The molecule has 2 aliphatic heterocycles. The Kier molecular flexibility index (Phi) is 6.33. The highest BCUT2D eigenvalue weighted by atomic mass is 35.5. The highest BCUT2D eigenvalue weighted by molar-refractivity contribution is 6.42. The number of hydrogen-bond donors (Lipinski definition) is 0. The van der Waals surface area contributed by atoms with Crippen LogP contribution in [0.15, 0.2) is 42.5 Å². The van der Waals surface area contributed by atoms with Gasteiger partial charge in [0.2, 0.25) is 0 Å². The molecule has 2 aromatic rings.